The molecule has 1 aromatic rings. The van der Waals surface area contributed by atoms with Crippen LogP contribution in [0.2, 0.25) is 0 Å². The van der Waals surface area contributed by atoms with Crippen LogP contribution in [0.25, 0.3) is 0 Å². The van der Waals surface area contributed by atoms with E-state index in [-0.39, 0.29) is 6.04 Å². The molecule has 0 saturated carbocycles. The molecule has 2 N–H and O–H groups in total. The number of hydrogen-bond donors (Lipinski definition) is 1. The molecule has 21 heavy (non-hydrogen) atoms. The molecule has 1 aliphatic heterocycles. The van der Waals surface area contributed by atoms with Crippen molar-refractivity contribution in [3.8, 4) is 0 Å². The molecule has 1 aromatic heterocycles. The Labute approximate surface area is 129 Å². The summed E-state index contributed by atoms with van der Waals surface area (Å²) in [6.45, 7) is 11.0. The van der Waals surface area contributed by atoms with Crippen LogP contribution in [0, 0.1) is 6.92 Å². The van der Waals surface area contributed by atoms with Crippen molar-refractivity contribution in [2.75, 3.05) is 25.0 Å². The monoisotopic (exact) mass is 290 g/mol. The van der Waals surface area contributed by atoms with E-state index in [9.17, 15) is 0 Å². The molecule has 1 saturated heterocycles. The second-order valence-corrected chi connectivity index (χ2v) is 6.63. The number of aryl methyl sites for hydroxylation is 1. The van der Waals surface area contributed by atoms with E-state index in [0.717, 1.165) is 31.7 Å². The molecule has 0 aromatic carbocycles. The molecule has 0 spiro atoms. The van der Waals surface area contributed by atoms with E-state index in [1.165, 1.54) is 11.1 Å². The van der Waals surface area contributed by atoms with Gasteiger partial charge in [-0.3, -0.25) is 4.90 Å². The van der Waals surface area contributed by atoms with E-state index in [0.29, 0.717) is 12.1 Å². The minimum atomic E-state index is 0.237. The Morgan fingerprint density at radius 2 is 1.95 bits per heavy atom. The Balaban J connectivity index is 2.14. The molecule has 2 rings (SSSR count). The molecule has 3 unspecified atom stereocenters. The molecule has 0 amide bonds. The quantitative estimate of drug-likeness (QED) is 0.923. The van der Waals surface area contributed by atoms with Gasteiger partial charge in [-0.25, -0.2) is 4.98 Å². The fraction of sp³-hybridized carbons (Fsp3) is 0.706. The van der Waals surface area contributed by atoms with E-state index in [4.69, 9.17) is 10.7 Å². The Morgan fingerprint density at radius 1 is 1.33 bits per heavy atom. The number of pyridine rings is 1. The number of piperazine rings is 1. The topological polar surface area (TPSA) is 45.4 Å². The minimum Gasteiger partial charge on any atom is -0.353 e. The minimum absolute atomic E-state index is 0.237. The Kier molecular flexibility index (Phi) is 5.22. The van der Waals surface area contributed by atoms with E-state index in [2.05, 4.69) is 50.6 Å². The summed E-state index contributed by atoms with van der Waals surface area (Å²) >= 11 is 0. The Bertz CT molecular complexity index is 462. The SMILES string of the molecule is CCC(N)Cc1cnc(N2CC(C)N(C)C(C)C2)c(C)c1. The highest BCUT2D eigenvalue weighted by atomic mass is 15.3. The van der Waals surface area contributed by atoms with E-state index in [1.807, 2.05) is 6.20 Å². The van der Waals surface area contributed by atoms with Gasteiger partial charge in [0.15, 0.2) is 0 Å². The van der Waals surface area contributed by atoms with Crippen LogP contribution in [0.5, 0.6) is 0 Å². The third-order valence-corrected chi connectivity index (χ3v) is 4.79. The fourth-order valence-corrected chi connectivity index (χ4v) is 3.09. The molecule has 4 nitrogen and oxygen atoms in total. The number of nitrogens with two attached hydrogens (primary N) is 1. The van der Waals surface area contributed by atoms with Crippen molar-refractivity contribution in [3.05, 3.63) is 23.4 Å². The van der Waals surface area contributed by atoms with Gasteiger partial charge in [0.1, 0.15) is 5.82 Å². The highest BCUT2D eigenvalue weighted by Crippen LogP contribution is 2.23. The molecular weight excluding hydrogens is 260 g/mol. The summed E-state index contributed by atoms with van der Waals surface area (Å²) < 4.78 is 0. The molecule has 2 heterocycles. The third kappa shape index (κ3) is 3.74. The predicted molar refractivity (Wildman–Crippen MR) is 89.8 cm³/mol. The largest absolute Gasteiger partial charge is 0.353 e. The summed E-state index contributed by atoms with van der Waals surface area (Å²) in [5.74, 6) is 1.13. The van der Waals surface area contributed by atoms with Gasteiger partial charge in [0.2, 0.25) is 0 Å². The molecule has 1 fully saturated rings. The average molecular weight is 290 g/mol. The van der Waals surface area contributed by atoms with Crippen LogP contribution in [0.4, 0.5) is 5.82 Å². The molecule has 4 heteroatoms. The summed E-state index contributed by atoms with van der Waals surface area (Å²) in [5, 5.41) is 0. The van der Waals surface area contributed by atoms with Gasteiger partial charge in [0.05, 0.1) is 0 Å². The molecular formula is C17H30N4. The predicted octanol–water partition coefficient (Wildman–Crippen LogP) is 2.20. The Morgan fingerprint density at radius 3 is 2.48 bits per heavy atom. The van der Waals surface area contributed by atoms with Crippen molar-refractivity contribution in [2.24, 2.45) is 5.73 Å². The molecule has 3 atom stereocenters. The molecule has 0 bridgehead atoms. The van der Waals surface area contributed by atoms with E-state index >= 15 is 0 Å². The van der Waals surface area contributed by atoms with Crippen LogP contribution in [0.15, 0.2) is 12.3 Å². The number of hydrogen-bond acceptors (Lipinski definition) is 4. The molecule has 0 aliphatic carbocycles. The number of likely N-dealkylation sites (N-methyl/N-ethyl adjacent to an activating group) is 1. The zero-order chi connectivity index (χ0) is 15.6. The van der Waals surface area contributed by atoms with Crippen LogP contribution in [0.1, 0.15) is 38.3 Å². The summed E-state index contributed by atoms with van der Waals surface area (Å²) in [5.41, 5.74) is 8.56. The second-order valence-electron chi connectivity index (χ2n) is 6.63. The zero-order valence-corrected chi connectivity index (χ0v) is 14.1. The lowest BCUT2D eigenvalue weighted by Crippen LogP contribution is -2.55. The van der Waals surface area contributed by atoms with E-state index < -0.39 is 0 Å². The van der Waals surface area contributed by atoms with Gasteiger partial charge in [-0.1, -0.05) is 13.0 Å². The standard InChI is InChI=1S/C17H30N4/c1-6-16(18)8-15-7-12(2)17(19-9-15)21-10-13(3)20(5)14(4)11-21/h7,9,13-14,16H,6,8,10-11,18H2,1-5H3. The normalized spacial score (nSPS) is 25.1. The first-order chi connectivity index (χ1) is 9.92. The second kappa shape index (κ2) is 6.75. The van der Waals surface area contributed by atoms with Crippen molar-refractivity contribution in [1.29, 1.82) is 0 Å². The first-order valence-electron chi connectivity index (χ1n) is 8.10. The highest BCUT2D eigenvalue weighted by Gasteiger charge is 2.27. The number of nitrogens with zero attached hydrogens (tertiary/aromatic N) is 3. The molecule has 0 radical (unpaired) electrons. The van der Waals surface area contributed by atoms with Crippen molar-refractivity contribution >= 4 is 5.82 Å². The fourth-order valence-electron chi connectivity index (χ4n) is 3.09. The van der Waals surface area contributed by atoms with Gasteiger partial charge in [-0.05, 0) is 51.8 Å². The summed E-state index contributed by atoms with van der Waals surface area (Å²) in [7, 11) is 2.21. The first-order valence-corrected chi connectivity index (χ1v) is 8.10. The van der Waals surface area contributed by atoms with E-state index in [1.54, 1.807) is 0 Å². The van der Waals surface area contributed by atoms with Gasteiger partial charge < -0.3 is 10.6 Å². The smallest absolute Gasteiger partial charge is 0.131 e. The number of rotatable bonds is 4. The van der Waals surface area contributed by atoms with Crippen molar-refractivity contribution in [3.63, 3.8) is 0 Å². The van der Waals surface area contributed by atoms with Gasteiger partial charge in [-0.2, -0.15) is 0 Å². The van der Waals surface area contributed by atoms with Gasteiger partial charge >= 0.3 is 0 Å². The lowest BCUT2D eigenvalue weighted by molar-refractivity contribution is 0.169. The van der Waals surface area contributed by atoms with Gasteiger partial charge in [0, 0.05) is 37.4 Å². The van der Waals surface area contributed by atoms with Crippen molar-refractivity contribution < 1.29 is 0 Å². The molecule has 1 aliphatic rings. The van der Waals surface area contributed by atoms with Crippen LogP contribution in [-0.4, -0.2) is 48.1 Å². The third-order valence-electron chi connectivity index (χ3n) is 4.79. The summed E-state index contributed by atoms with van der Waals surface area (Å²) in [6.07, 6.45) is 3.93. The van der Waals surface area contributed by atoms with Crippen molar-refractivity contribution in [2.45, 2.75) is 58.7 Å². The highest BCUT2D eigenvalue weighted by molar-refractivity contribution is 5.48. The van der Waals surface area contributed by atoms with Gasteiger partial charge in [0.25, 0.3) is 0 Å². The number of anilines is 1. The average Bonchev–Trinajstić information content (AvgIpc) is 2.44. The Hall–Kier alpha value is -1.13. The maximum absolute atomic E-state index is 6.04. The van der Waals surface area contributed by atoms with Crippen LogP contribution in [0.3, 0.4) is 0 Å². The maximum Gasteiger partial charge on any atom is 0.131 e. The summed E-state index contributed by atoms with van der Waals surface area (Å²) in [4.78, 5) is 9.60. The van der Waals surface area contributed by atoms with Crippen LogP contribution < -0.4 is 10.6 Å². The zero-order valence-electron chi connectivity index (χ0n) is 14.1. The van der Waals surface area contributed by atoms with Crippen LogP contribution >= 0.6 is 0 Å². The molecule has 118 valence electrons. The van der Waals surface area contributed by atoms with Gasteiger partial charge in [-0.15, -0.1) is 0 Å². The lowest BCUT2D eigenvalue weighted by Gasteiger charge is -2.43. The summed E-state index contributed by atoms with van der Waals surface area (Å²) in [6, 6.07) is 3.61. The lowest BCUT2D eigenvalue weighted by atomic mass is 10.0. The van der Waals surface area contributed by atoms with Crippen molar-refractivity contribution in [1.82, 2.24) is 9.88 Å². The van der Waals surface area contributed by atoms with Crippen LogP contribution in [-0.2, 0) is 6.42 Å². The number of aromatic nitrogens is 1. The maximum atomic E-state index is 6.04. The first kappa shape index (κ1) is 16.2.